The number of hydrogen-bond acceptors (Lipinski definition) is 5. The third-order valence-corrected chi connectivity index (χ3v) is 5.45. The Hall–Kier alpha value is -3.19. The van der Waals surface area contributed by atoms with E-state index in [0.29, 0.717) is 30.0 Å². The number of likely N-dealkylation sites (tertiary alicyclic amines) is 1. The number of rotatable bonds is 8. The van der Waals surface area contributed by atoms with E-state index in [4.69, 9.17) is 4.74 Å². The molecule has 1 aliphatic rings. The van der Waals surface area contributed by atoms with Crippen LogP contribution < -0.4 is 4.74 Å². The average Bonchev–Trinajstić information content (AvgIpc) is 3.00. The van der Waals surface area contributed by atoms with Crippen molar-refractivity contribution in [2.45, 2.75) is 26.3 Å². The van der Waals surface area contributed by atoms with Crippen molar-refractivity contribution in [2.24, 2.45) is 0 Å². The molecule has 32 heavy (non-hydrogen) atoms. The molecule has 0 saturated carbocycles. The van der Waals surface area contributed by atoms with Crippen molar-refractivity contribution < 1.29 is 23.8 Å². The largest absolute Gasteiger partial charge is 0.507 e. The molecule has 2 aromatic rings. The van der Waals surface area contributed by atoms with E-state index in [1.165, 1.54) is 17.0 Å². The van der Waals surface area contributed by atoms with Crippen molar-refractivity contribution in [1.82, 2.24) is 9.80 Å². The molecule has 3 rings (SSSR count). The lowest BCUT2D eigenvalue weighted by Crippen LogP contribution is -2.35. The summed E-state index contributed by atoms with van der Waals surface area (Å²) in [4.78, 5) is 29.1. The molecule has 1 heterocycles. The van der Waals surface area contributed by atoms with Crippen LogP contribution in [0, 0.1) is 12.7 Å². The molecule has 1 amide bonds. The zero-order valence-corrected chi connectivity index (χ0v) is 18.9. The maximum atomic E-state index is 14.8. The van der Waals surface area contributed by atoms with Gasteiger partial charge in [-0.15, -0.1) is 0 Å². The van der Waals surface area contributed by atoms with Gasteiger partial charge in [-0.1, -0.05) is 25.1 Å². The highest BCUT2D eigenvalue weighted by Gasteiger charge is 2.46. The maximum absolute atomic E-state index is 14.8. The number of ether oxygens (including phenoxy) is 1. The summed E-state index contributed by atoms with van der Waals surface area (Å²) in [6.45, 7) is 5.06. The highest BCUT2D eigenvalue weighted by Crippen LogP contribution is 2.40. The molecule has 7 heteroatoms. The van der Waals surface area contributed by atoms with E-state index in [-0.39, 0.29) is 23.4 Å². The van der Waals surface area contributed by atoms with Gasteiger partial charge >= 0.3 is 0 Å². The quantitative estimate of drug-likeness (QED) is 0.383. The number of amides is 1. The Morgan fingerprint density at radius 2 is 1.91 bits per heavy atom. The molecule has 1 atom stereocenters. The summed E-state index contributed by atoms with van der Waals surface area (Å²) in [5.41, 5.74) is 1.15. The number of hydrogen-bond donors (Lipinski definition) is 1. The topological polar surface area (TPSA) is 70.1 Å². The standard InChI is InChI=1S/C25H29FN2O4/c1-5-14-32-17-10-11-18(16(2)15-17)23(29)21-22(19-8-6-7-9-20(19)26)28(13-12-27(3)4)25(31)24(21)30/h6-11,15,22,29H,5,12-14H2,1-4H3/t22-/m0/s1. The Balaban J connectivity index is 2.13. The second-order valence-electron chi connectivity index (χ2n) is 8.14. The Labute approximate surface area is 187 Å². The fraction of sp³-hybridized carbons (Fsp3) is 0.360. The molecule has 0 unspecified atom stereocenters. The number of aryl methyl sites for hydroxylation is 1. The second kappa shape index (κ2) is 9.96. The van der Waals surface area contributed by atoms with Gasteiger partial charge < -0.3 is 19.6 Å². The molecule has 0 aromatic heterocycles. The van der Waals surface area contributed by atoms with Crippen molar-refractivity contribution in [3.05, 3.63) is 70.5 Å². The molecule has 170 valence electrons. The van der Waals surface area contributed by atoms with Gasteiger partial charge in [0.05, 0.1) is 18.2 Å². The number of nitrogens with zero attached hydrogens (tertiary/aromatic N) is 2. The van der Waals surface area contributed by atoms with Crippen molar-refractivity contribution in [3.63, 3.8) is 0 Å². The van der Waals surface area contributed by atoms with E-state index in [1.807, 2.05) is 25.9 Å². The number of aliphatic hydroxyl groups is 1. The Morgan fingerprint density at radius 3 is 2.53 bits per heavy atom. The highest BCUT2D eigenvalue weighted by molar-refractivity contribution is 6.46. The monoisotopic (exact) mass is 440 g/mol. The first-order valence-corrected chi connectivity index (χ1v) is 10.7. The fourth-order valence-corrected chi connectivity index (χ4v) is 3.80. The number of Topliss-reactive ketones (excluding diaryl/α,β-unsaturated/α-hetero) is 1. The summed E-state index contributed by atoms with van der Waals surface area (Å²) in [6.07, 6.45) is 0.861. The van der Waals surface area contributed by atoms with Crippen LogP contribution in [-0.4, -0.2) is 60.4 Å². The van der Waals surface area contributed by atoms with Gasteiger partial charge in [0.2, 0.25) is 0 Å². The van der Waals surface area contributed by atoms with Gasteiger partial charge in [-0.25, -0.2) is 4.39 Å². The van der Waals surface area contributed by atoms with Crippen LogP contribution in [0.5, 0.6) is 5.75 Å². The zero-order valence-electron chi connectivity index (χ0n) is 18.9. The predicted molar refractivity (Wildman–Crippen MR) is 121 cm³/mol. The summed E-state index contributed by atoms with van der Waals surface area (Å²) in [7, 11) is 3.69. The minimum atomic E-state index is -1.01. The van der Waals surface area contributed by atoms with Gasteiger partial charge in [-0.2, -0.15) is 0 Å². The Kier molecular flexibility index (Phi) is 7.30. The van der Waals surface area contributed by atoms with E-state index in [1.54, 1.807) is 37.3 Å². The lowest BCUT2D eigenvalue weighted by atomic mass is 9.93. The zero-order chi connectivity index (χ0) is 23.4. The van der Waals surface area contributed by atoms with Crippen LogP contribution in [-0.2, 0) is 9.59 Å². The van der Waals surface area contributed by atoms with Crippen molar-refractivity contribution in [3.8, 4) is 5.75 Å². The number of carbonyl (C=O) groups is 2. The molecule has 0 aliphatic carbocycles. The van der Waals surface area contributed by atoms with Crippen LogP contribution in [0.2, 0.25) is 0 Å². The van der Waals surface area contributed by atoms with Crippen LogP contribution in [0.4, 0.5) is 4.39 Å². The molecule has 1 saturated heterocycles. The van der Waals surface area contributed by atoms with E-state index < -0.39 is 23.5 Å². The van der Waals surface area contributed by atoms with Crippen molar-refractivity contribution in [1.29, 1.82) is 0 Å². The number of likely N-dealkylation sites (N-methyl/N-ethyl adjacent to an activating group) is 1. The highest BCUT2D eigenvalue weighted by atomic mass is 19.1. The number of halogens is 1. The summed E-state index contributed by atoms with van der Waals surface area (Å²) >= 11 is 0. The molecule has 6 nitrogen and oxygen atoms in total. The minimum absolute atomic E-state index is 0.107. The average molecular weight is 441 g/mol. The summed E-state index contributed by atoms with van der Waals surface area (Å²) in [6, 6.07) is 10.1. The molecule has 2 aromatic carbocycles. The van der Waals surface area contributed by atoms with Gasteiger partial charge in [0, 0.05) is 24.2 Å². The number of carbonyl (C=O) groups excluding carboxylic acids is 2. The van der Waals surface area contributed by atoms with Gasteiger partial charge in [-0.05, 0) is 57.3 Å². The molecule has 0 bridgehead atoms. The molecule has 0 spiro atoms. The van der Waals surface area contributed by atoms with E-state index >= 15 is 0 Å². The van der Waals surface area contributed by atoms with Gasteiger partial charge in [0.1, 0.15) is 17.3 Å². The second-order valence-corrected chi connectivity index (χ2v) is 8.14. The fourth-order valence-electron chi connectivity index (χ4n) is 3.80. The molecular formula is C25H29FN2O4. The number of benzene rings is 2. The van der Waals surface area contributed by atoms with Crippen LogP contribution in [0.1, 0.15) is 36.1 Å². The van der Waals surface area contributed by atoms with Crippen LogP contribution in [0.25, 0.3) is 5.76 Å². The predicted octanol–water partition coefficient (Wildman–Crippen LogP) is 3.91. The SMILES string of the molecule is CCCOc1ccc(C(O)=C2C(=O)C(=O)N(CCN(C)C)[C@H]2c2ccccc2F)c(C)c1. The number of ketones is 1. The lowest BCUT2D eigenvalue weighted by Gasteiger charge is -2.27. The molecule has 1 aliphatic heterocycles. The van der Waals surface area contributed by atoms with E-state index in [0.717, 1.165) is 6.42 Å². The minimum Gasteiger partial charge on any atom is -0.507 e. The van der Waals surface area contributed by atoms with Crippen LogP contribution >= 0.6 is 0 Å². The van der Waals surface area contributed by atoms with Gasteiger partial charge in [-0.3, -0.25) is 9.59 Å². The normalized spacial score (nSPS) is 17.9. The van der Waals surface area contributed by atoms with E-state index in [2.05, 4.69) is 0 Å². The number of aliphatic hydroxyl groups excluding tert-OH is 1. The first kappa shape index (κ1) is 23.5. The lowest BCUT2D eigenvalue weighted by molar-refractivity contribution is -0.140. The third kappa shape index (κ3) is 4.67. The molecular weight excluding hydrogens is 411 g/mol. The van der Waals surface area contributed by atoms with Crippen LogP contribution in [0.3, 0.4) is 0 Å². The third-order valence-electron chi connectivity index (χ3n) is 5.45. The molecule has 1 fully saturated rings. The maximum Gasteiger partial charge on any atom is 0.295 e. The van der Waals surface area contributed by atoms with Crippen molar-refractivity contribution >= 4 is 17.4 Å². The molecule has 1 N–H and O–H groups in total. The van der Waals surface area contributed by atoms with E-state index in [9.17, 15) is 19.1 Å². The molecule has 0 radical (unpaired) electrons. The first-order chi connectivity index (χ1) is 15.3. The van der Waals surface area contributed by atoms with Crippen molar-refractivity contribution in [2.75, 3.05) is 33.8 Å². The Morgan fingerprint density at radius 1 is 1.19 bits per heavy atom. The first-order valence-electron chi connectivity index (χ1n) is 10.7. The summed E-state index contributed by atoms with van der Waals surface area (Å²) < 4.78 is 20.4. The smallest absolute Gasteiger partial charge is 0.295 e. The van der Waals surface area contributed by atoms with Crippen LogP contribution in [0.15, 0.2) is 48.0 Å². The Bertz CT molecular complexity index is 1050. The summed E-state index contributed by atoms with van der Waals surface area (Å²) in [5.74, 6) is -1.77. The summed E-state index contributed by atoms with van der Waals surface area (Å²) in [5, 5.41) is 11.2. The van der Waals surface area contributed by atoms with Gasteiger partial charge in [0.25, 0.3) is 11.7 Å². The van der Waals surface area contributed by atoms with Gasteiger partial charge in [0.15, 0.2) is 0 Å².